The summed E-state index contributed by atoms with van der Waals surface area (Å²) in [5, 5.41) is 22.4. The summed E-state index contributed by atoms with van der Waals surface area (Å²) in [7, 11) is 6.44. The standard InChI is InChI=1S/C40H50N6O7/c1-41-35(47)13-7-21-45(22-8-14-36(48)42-2)27-17-19-31-33(25-27)53-34-26-28(46(23-9-15-37(49)43-3)24-10-16-38(50)44-4)18-20-32(34)39(31)29-11-5-6-12-30(29)40(51)52/h5-6,11-12,17-20,25-26H,7-10,13-16,21-24H2,1-4H3,(H4-,41,42,43,44,47,48,49,50,51,52)/p+1. The number of rotatable bonds is 19. The van der Waals surface area contributed by atoms with Gasteiger partial charge in [0.25, 0.3) is 0 Å². The van der Waals surface area contributed by atoms with Crippen LogP contribution >= 0.6 is 0 Å². The Morgan fingerprint density at radius 2 is 1.21 bits per heavy atom. The smallest absolute Gasteiger partial charge is 0.336 e. The molecule has 13 nitrogen and oxygen atoms in total. The molecule has 0 spiro atoms. The second kappa shape index (κ2) is 19.8. The lowest BCUT2D eigenvalue weighted by Crippen LogP contribution is -2.33. The van der Waals surface area contributed by atoms with Gasteiger partial charge in [-0.15, -0.1) is 0 Å². The second-order valence-corrected chi connectivity index (χ2v) is 12.8. The number of carboxylic acids is 1. The molecule has 0 aromatic heterocycles. The summed E-state index contributed by atoms with van der Waals surface area (Å²) in [6.07, 6.45) is 3.82. The highest BCUT2D eigenvalue weighted by Gasteiger charge is 2.23. The quantitative estimate of drug-likeness (QED) is 0.0721. The van der Waals surface area contributed by atoms with E-state index >= 15 is 0 Å². The van der Waals surface area contributed by atoms with Crippen LogP contribution in [0.15, 0.2) is 65.1 Å². The first-order valence-corrected chi connectivity index (χ1v) is 18.1. The molecule has 0 saturated carbocycles. The molecule has 0 bridgehead atoms. The van der Waals surface area contributed by atoms with Crippen molar-refractivity contribution in [2.45, 2.75) is 51.4 Å². The van der Waals surface area contributed by atoms with Crippen LogP contribution in [0.3, 0.4) is 0 Å². The van der Waals surface area contributed by atoms with Gasteiger partial charge in [0.2, 0.25) is 29.0 Å². The van der Waals surface area contributed by atoms with Crippen molar-refractivity contribution in [1.82, 2.24) is 25.8 Å². The number of fused-ring (bicyclic) bond motifs is 2. The molecule has 1 aliphatic heterocycles. The number of nitrogens with zero attached hydrogens (tertiary/aromatic N) is 2. The number of nitrogens with one attached hydrogen (secondary N) is 4. The van der Waals surface area contributed by atoms with Crippen molar-refractivity contribution in [2.75, 3.05) is 59.3 Å². The van der Waals surface area contributed by atoms with Crippen LogP contribution in [0.25, 0.3) is 33.4 Å². The second-order valence-electron chi connectivity index (χ2n) is 12.8. The number of aromatic carboxylic acids is 1. The van der Waals surface area contributed by atoms with E-state index in [1.54, 1.807) is 46.4 Å². The van der Waals surface area contributed by atoms with Gasteiger partial charge in [-0.3, -0.25) is 19.2 Å². The third kappa shape index (κ3) is 10.9. The van der Waals surface area contributed by atoms with E-state index in [-0.39, 0.29) is 29.2 Å². The van der Waals surface area contributed by atoms with Crippen molar-refractivity contribution < 1.29 is 33.5 Å². The number of carbonyl (C=O) groups is 5. The maximum atomic E-state index is 12.5. The summed E-state index contributed by atoms with van der Waals surface area (Å²) < 4.78 is 8.81. The zero-order valence-corrected chi connectivity index (χ0v) is 31.0. The average molecular weight is 728 g/mol. The van der Waals surface area contributed by atoms with Crippen LogP contribution in [-0.2, 0) is 19.2 Å². The van der Waals surface area contributed by atoms with Gasteiger partial charge in [-0.2, -0.15) is 0 Å². The number of benzene rings is 3. The zero-order valence-electron chi connectivity index (χ0n) is 31.0. The lowest BCUT2D eigenvalue weighted by Gasteiger charge is -2.26. The minimum absolute atomic E-state index is 0.0517. The molecule has 1 aliphatic carbocycles. The minimum atomic E-state index is -1.05. The predicted molar refractivity (Wildman–Crippen MR) is 206 cm³/mol. The topological polar surface area (TPSA) is 173 Å². The van der Waals surface area contributed by atoms with E-state index in [0.717, 1.165) is 22.0 Å². The van der Waals surface area contributed by atoms with Crippen molar-refractivity contribution in [3.8, 4) is 22.5 Å². The van der Waals surface area contributed by atoms with E-state index in [2.05, 4.69) is 30.7 Å². The Morgan fingerprint density at radius 3 is 1.75 bits per heavy atom. The maximum absolute atomic E-state index is 12.5. The molecule has 2 aliphatic rings. The highest BCUT2D eigenvalue weighted by Crippen LogP contribution is 2.42. The molecule has 2 aromatic carbocycles. The molecule has 0 fully saturated rings. The summed E-state index contributed by atoms with van der Waals surface area (Å²) in [4.78, 5) is 62.7. The summed E-state index contributed by atoms with van der Waals surface area (Å²) in [5.74, 6) is -0.718. The monoisotopic (exact) mass is 727 g/mol. The Morgan fingerprint density at radius 1 is 0.660 bits per heavy atom. The highest BCUT2D eigenvalue weighted by atomic mass is 16.4. The first-order valence-electron chi connectivity index (χ1n) is 18.1. The van der Waals surface area contributed by atoms with Crippen LogP contribution in [-0.4, -0.2) is 89.1 Å². The van der Waals surface area contributed by atoms with Crippen LogP contribution < -0.4 is 36.1 Å². The summed E-state index contributed by atoms with van der Waals surface area (Å²) >= 11 is 0. The Labute approximate surface area is 309 Å². The van der Waals surface area contributed by atoms with E-state index in [0.29, 0.717) is 100 Å². The number of hydrogen-bond acceptors (Lipinski definition) is 7. The molecular formula is C40H51N6O7+. The van der Waals surface area contributed by atoms with Gasteiger partial charge in [0.15, 0.2) is 0 Å². The molecule has 13 heteroatoms. The summed E-state index contributed by atoms with van der Waals surface area (Å²) in [6, 6.07) is 18.6. The molecule has 0 saturated heterocycles. The first kappa shape index (κ1) is 40.1. The van der Waals surface area contributed by atoms with Gasteiger partial charge >= 0.3 is 5.97 Å². The van der Waals surface area contributed by atoms with E-state index < -0.39 is 5.97 Å². The molecular weight excluding hydrogens is 676 g/mol. The first-order chi connectivity index (χ1) is 25.6. The molecule has 2 aromatic rings. The maximum Gasteiger partial charge on any atom is 0.336 e. The fraction of sp³-hybridized carbons (Fsp3) is 0.400. The molecule has 1 heterocycles. The molecule has 4 rings (SSSR count). The number of carboxylic acid groups (broad SMARTS) is 1. The fourth-order valence-electron chi connectivity index (χ4n) is 6.40. The van der Waals surface area contributed by atoms with Gasteiger partial charge < -0.3 is 35.7 Å². The third-order valence-electron chi connectivity index (χ3n) is 9.29. The van der Waals surface area contributed by atoms with Crippen molar-refractivity contribution in [3.63, 3.8) is 0 Å². The lowest BCUT2D eigenvalue weighted by molar-refractivity contribution is -0.121. The minimum Gasteiger partial charge on any atom is -0.478 e. The molecule has 282 valence electrons. The van der Waals surface area contributed by atoms with E-state index in [1.807, 2.05) is 42.5 Å². The van der Waals surface area contributed by atoms with Crippen molar-refractivity contribution >= 4 is 46.3 Å². The average Bonchev–Trinajstić information content (AvgIpc) is 3.17. The van der Waals surface area contributed by atoms with Crippen LogP contribution in [0.2, 0.25) is 0 Å². The van der Waals surface area contributed by atoms with Crippen LogP contribution in [0.1, 0.15) is 61.7 Å². The van der Waals surface area contributed by atoms with Crippen molar-refractivity contribution in [1.29, 1.82) is 0 Å². The lowest BCUT2D eigenvalue weighted by atomic mass is 9.90. The van der Waals surface area contributed by atoms with E-state index in [1.165, 1.54) is 0 Å². The Hall–Kier alpha value is -5.72. The fourth-order valence-corrected chi connectivity index (χ4v) is 6.40. The molecule has 53 heavy (non-hydrogen) atoms. The van der Waals surface area contributed by atoms with Crippen molar-refractivity contribution in [3.05, 3.63) is 71.6 Å². The van der Waals surface area contributed by atoms with Gasteiger partial charge in [-0.05, 0) is 42.7 Å². The normalized spacial score (nSPS) is 10.9. The molecule has 0 atom stereocenters. The highest BCUT2D eigenvalue weighted by molar-refractivity contribution is 6.07. The summed E-state index contributed by atoms with van der Waals surface area (Å²) in [6.45, 7) is 2.28. The zero-order chi connectivity index (χ0) is 38.3. The number of anilines is 1. The molecule has 0 radical (unpaired) electrons. The predicted octanol–water partition coefficient (Wildman–Crippen LogP) is 3.59. The third-order valence-corrected chi connectivity index (χ3v) is 9.29. The Balaban J connectivity index is 1.91. The van der Waals surface area contributed by atoms with E-state index in [9.17, 15) is 29.1 Å². The van der Waals surface area contributed by atoms with Gasteiger partial charge in [0.05, 0.1) is 11.6 Å². The number of hydrogen-bond donors (Lipinski definition) is 5. The Kier molecular flexibility index (Phi) is 14.9. The SMILES string of the molecule is CNC(=O)CCCN(CCCC(=O)NC)c1ccc2c(-c3ccccc3C(=O)O)c3ccc(=[N+](CCCC(=O)NC)CCCC(=O)NC)cc-3oc2c1. The molecule has 0 unspecified atom stereocenters. The van der Waals surface area contributed by atoms with Gasteiger partial charge in [-0.1, -0.05) is 18.2 Å². The van der Waals surface area contributed by atoms with Crippen LogP contribution in [0.5, 0.6) is 0 Å². The molecule has 5 N–H and O–H groups in total. The van der Waals surface area contributed by atoms with Crippen molar-refractivity contribution in [2.24, 2.45) is 0 Å². The van der Waals surface area contributed by atoms with Gasteiger partial charge in [-0.25, -0.2) is 9.37 Å². The van der Waals surface area contributed by atoms with Gasteiger partial charge in [0.1, 0.15) is 24.4 Å². The summed E-state index contributed by atoms with van der Waals surface area (Å²) in [5.41, 5.74) is 3.53. The number of amides is 4. The largest absolute Gasteiger partial charge is 0.478 e. The van der Waals surface area contributed by atoms with E-state index in [4.69, 9.17) is 4.42 Å². The van der Waals surface area contributed by atoms with Crippen LogP contribution in [0.4, 0.5) is 5.69 Å². The Bertz CT molecular complexity index is 1920. The molecule has 4 amide bonds. The van der Waals surface area contributed by atoms with Crippen LogP contribution in [0, 0.1) is 0 Å². The van der Waals surface area contributed by atoms with Gasteiger partial charge in [0, 0.05) is 114 Å². The number of carbonyl (C=O) groups excluding carboxylic acids is 4.